The molecule has 1 heterocycles. The standard InChI is InChI=1S/C17H25N3O/c1-4-10-19-16(13-20-12-11-18-14(20)3)15-8-6-7-9-17(15)21-5-2/h6-9,11-12,16,19H,4-5,10,13H2,1-3H3. The van der Waals surface area contributed by atoms with Crippen LogP contribution in [0.2, 0.25) is 0 Å². The molecule has 0 amide bonds. The van der Waals surface area contributed by atoms with Crippen LogP contribution in [0.25, 0.3) is 0 Å². The second-order valence-corrected chi connectivity index (χ2v) is 5.10. The van der Waals surface area contributed by atoms with E-state index in [1.54, 1.807) is 0 Å². The normalized spacial score (nSPS) is 12.3. The van der Waals surface area contributed by atoms with Crippen LogP contribution in [0.15, 0.2) is 36.7 Å². The number of ether oxygens (including phenoxy) is 1. The van der Waals surface area contributed by atoms with Crippen molar-refractivity contribution in [3.05, 3.63) is 48.0 Å². The zero-order valence-corrected chi connectivity index (χ0v) is 13.2. The molecule has 1 aromatic carbocycles. The summed E-state index contributed by atoms with van der Waals surface area (Å²) >= 11 is 0. The Labute approximate surface area is 127 Å². The maximum Gasteiger partial charge on any atom is 0.124 e. The second-order valence-electron chi connectivity index (χ2n) is 5.10. The molecule has 4 heteroatoms. The Kier molecular flexibility index (Phi) is 5.81. The molecular weight excluding hydrogens is 262 g/mol. The lowest BCUT2D eigenvalue weighted by Crippen LogP contribution is -2.27. The topological polar surface area (TPSA) is 39.1 Å². The largest absolute Gasteiger partial charge is 0.494 e. The molecule has 2 aromatic rings. The minimum Gasteiger partial charge on any atom is -0.494 e. The van der Waals surface area contributed by atoms with E-state index in [9.17, 15) is 0 Å². The number of nitrogens with one attached hydrogen (secondary N) is 1. The summed E-state index contributed by atoms with van der Waals surface area (Å²) in [6.45, 7) is 8.76. The third-order valence-electron chi connectivity index (χ3n) is 3.54. The SMILES string of the molecule is CCCNC(Cn1ccnc1C)c1ccccc1OCC. The summed E-state index contributed by atoms with van der Waals surface area (Å²) in [5.41, 5.74) is 1.21. The Bertz CT molecular complexity index is 550. The van der Waals surface area contributed by atoms with Gasteiger partial charge in [-0.1, -0.05) is 25.1 Å². The van der Waals surface area contributed by atoms with E-state index in [0.717, 1.165) is 31.1 Å². The molecule has 2 rings (SSSR count). The third kappa shape index (κ3) is 4.08. The van der Waals surface area contributed by atoms with Crippen LogP contribution in [0, 0.1) is 6.92 Å². The van der Waals surface area contributed by atoms with Crippen LogP contribution >= 0.6 is 0 Å². The molecule has 0 aliphatic heterocycles. The average molecular weight is 287 g/mol. The van der Waals surface area contributed by atoms with Gasteiger partial charge < -0.3 is 14.6 Å². The first kappa shape index (κ1) is 15.6. The van der Waals surface area contributed by atoms with Crippen molar-refractivity contribution < 1.29 is 4.74 Å². The molecule has 1 N–H and O–H groups in total. The quantitative estimate of drug-likeness (QED) is 0.809. The van der Waals surface area contributed by atoms with Crippen molar-refractivity contribution in [2.24, 2.45) is 0 Å². The highest BCUT2D eigenvalue weighted by molar-refractivity contribution is 5.36. The summed E-state index contributed by atoms with van der Waals surface area (Å²) in [5, 5.41) is 3.62. The first-order valence-corrected chi connectivity index (χ1v) is 7.69. The van der Waals surface area contributed by atoms with Crippen LogP contribution in [-0.2, 0) is 6.54 Å². The van der Waals surface area contributed by atoms with Gasteiger partial charge in [0.15, 0.2) is 0 Å². The number of aryl methyl sites for hydroxylation is 1. The van der Waals surface area contributed by atoms with Crippen molar-refractivity contribution in [1.82, 2.24) is 14.9 Å². The molecule has 1 unspecified atom stereocenters. The number of aromatic nitrogens is 2. The molecule has 114 valence electrons. The van der Waals surface area contributed by atoms with Crippen LogP contribution in [0.5, 0.6) is 5.75 Å². The van der Waals surface area contributed by atoms with E-state index in [0.29, 0.717) is 6.61 Å². The Morgan fingerprint density at radius 1 is 1.29 bits per heavy atom. The zero-order chi connectivity index (χ0) is 15.1. The van der Waals surface area contributed by atoms with Crippen LogP contribution in [0.4, 0.5) is 0 Å². The van der Waals surface area contributed by atoms with E-state index in [4.69, 9.17) is 4.74 Å². The van der Waals surface area contributed by atoms with Crippen LogP contribution < -0.4 is 10.1 Å². The summed E-state index contributed by atoms with van der Waals surface area (Å²) in [4.78, 5) is 4.31. The van der Waals surface area contributed by atoms with E-state index in [2.05, 4.69) is 33.9 Å². The molecule has 0 bridgehead atoms. The first-order valence-electron chi connectivity index (χ1n) is 7.69. The second kappa shape index (κ2) is 7.84. The first-order chi connectivity index (χ1) is 10.3. The van der Waals surface area contributed by atoms with Gasteiger partial charge in [0.1, 0.15) is 11.6 Å². The minimum absolute atomic E-state index is 0.223. The lowest BCUT2D eigenvalue weighted by Gasteiger charge is -2.22. The molecular formula is C17H25N3O. The number of hydrogen-bond donors (Lipinski definition) is 1. The molecule has 1 atom stereocenters. The zero-order valence-electron chi connectivity index (χ0n) is 13.2. The predicted molar refractivity (Wildman–Crippen MR) is 85.6 cm³/mol. The lowest BCUT2D eigenvalue weighted by atomic mass is 10.1. The van der Waals surface area contributed by atoms with Gasteiger partial charge in [0, 0.05) is 24.5 Å². The fourth-order valence-electron chi connectivity index (χ4n) is 2.44. The molecule has 0 fully saturated rings. The maximum atomic E-state index is 5.78. The van der Waals surface area contributed by atoms with Crippen molar-refractivity contribution in [2.45, 2.75) is 39.8 Å². The molecule has 0 spiro atoms. The summed E-state index contributed by atoms with van der Waals surface area (Å²) < 4.78 is 7.96. The molecule has 0 saturated heterocycles. The van der Waals surface area contributed by atoms with Gasteiger partial charge in [-0.2, -0.15) is 0 Å². The third-order valence-corrected chi connectivity index (χ3v) is 3.54. The van der Waals surface area contributed by atoms with E-state index in [1.165, 1.54) is 5.56 Å². The van der Waals surface area contributed by atoms with Gasteiger partial charge in [0.2, 0.25) is 0 Å². The number of benzene rings is 1. The van der Waals surface area contributed by atoms with Gasteiger partial charge in [-0.3, -0.25) is 0 Å². The highest BCUT2D eigenvalue weighted by Crippen LogP contribution is 2.26. The Morgan fingerprint density at radius 3 is 2.76 bits per heavy atom. The smallest absolute Gasteiger partial charge is 0.124 e. The highest BCUT2D eigenvalue weighted by atomic mass is 16.5. The van der Waals surface area contributed by atoms with Crippen LogP contribution in [-0.4, -0.2) is 22.7 Å². The maximum absolute atomic E-state index is 5.78. The number of imidazole rings is 1. The summed E-state index contributed by atoms with van der Waals surface area (Å²) in [7, 11) is 0. The predicted octanol–water partition coefficient (Wildman–Crippen LogP) is 3.33. The fraction of sp³-hybridized carbons (Fsp3) is 0.471. The van der Waals surface area contributed by atoms with E-state index < -0.39 is 0 Å². The van der Waals surface area contributed by atoms with Crippen LogP contribution in [0.1, 0.15) is 37.7 Å². The van der Waals surface area contributed by atoms with Crippen molar-refractivity contribution >= 4 is 0 Å². The van der Waals surface area contributed by atoms with Gasteiger partial charge >= 0.3 is 0 Å². The molecule has 0 aliphatic carbocycles. The van der Waals surface area contributed by atoms with Gasteiger partial charge in [0.05, 0.1) is 12.6 Å². The van der Waals surface area contributed by atoms with Gasteiger partial charge in [-0.15, -0.1) is 0 Å². The molecule has 21 heavy (non-hydrogen) atoms. The Morgan fingerprint density at radius 2 is 2.10 bits per heavy atom. The van der Waals surface area contributed by atoms with Crippen molar-refractivity contribution in [3.63, 3.8) is 0 Å². The molecule has 4 nitrogen and oxygen atoms in total. The van der Waals surface area contributed by atoms with Crippen molar-refractivity contribution in [3.8, 4) is 5.75 Å². The highest BCUT2D eigenvalue weighted by Gasteiger charge is 2.16. The number of rotatable bonds is 8. The molecule has 0 saturated carbocycles. The fourth-order valence-corrected chi connectivity index (χ4v) is 2.44. The lowest BCUT2D eigenvalue weighted by molar-refractivity contribution is 0.327. The molecule has 0 aliphatic rings. The van der Waals surface area contributed by atoms with E-state index in [1.807, 2.05) is 38.4 Å². The molecule has 0 radical (unpaired) electrons. The van der Waals surface area contributed by atoms with Crippen molar-refractivity contribution in [2.75, 3.05) is 13.2 Å². The number of para-hydroxylation sites is 1. The Hall–Kier alpha value is -1.81. The van der Waals surface area contributed by atoms with Gasteiger partial charge in [0.25, 0.3) is 0 Å². The van der Waals surface area contributed by atoms with Crippen molar-refractivity contribution in [1.29, 1.82) is 0 Å². The minimum atomic E-state index is 0.223. The van der Waals surface area contributed by atoms with E-state index >= 15 is 0 Å². The van der Waals surface area contributed by atoms with Crippen LogP contribution in [0.3, 0.4) is 0 Å². The summed E-state index contributed by atoms with van der Waals surface area (Å²) in [6, 6.07) is 8.50. The molecule has 1 aromatic heterocycles. The average Bonchev–Trinajstić information content (AvgIpc) is 2.90. The van der Waals surface area contributed by atoms with Gasteiger partial charge in [-0.25, -0.2) is 4.98 Å². The van der Waals surface area contributed by atoms with Gasteiger partial charge in [-0.05, 0) is 32.9 Å². The number of hydrogen-bond acceptors (Lipinski definition) is 3. The number of nitrogens with zero attached hydrogens (tertiary/aromatic N) is 2. The van der Waals surface area contributed by atoms with E-state index in [-0.39, 0.29) is 6.04 Å². The Balaban J connectivity index is 2.25. The summed E-state index contributed by atoms with van der Waals surface area (Å²) in [5.74, 6) is 2.00. The monoisotopic (exact) mass is 287 g/mol. The summed E-state index contributed by atoms with van der Waals surface area (Å²) in [6.07, 6.45) is 4.98.